The number of hydrogen-bond donors (Lipinski definition) is 1. The van der Waals surface area contributed by atoms with Crippen molar-refractivity contribution >= 4 is 29.3 Å². The molecule has 8 heteroatoms. The summed E-state index contributed by atoms with van der Waals surface area (Å²) >= 11 is 6.39. The maximum absolute atomic E-state index is 13.2. The number of piperidine rings is 2. The Labute approximate surface area is 216 Å². The summed E-state index contributed by atoms with van der Waals surface area (Å²) < 4.78 is 6.13. The molecule has 2 fully saturated rings. The first-order chi connectivity index (χ1) is 17.4. The van der Waals surface area contributed by atoms with Gasteiger partial charge in [0.2, 0.25) is 5.91 Å². The van der Waals surface area contributed by atoms with Gasteiger partial charge in [0.05, 0.1) is 13.2 Å². The summed E-state index contributed by atoms with van der Waals surface area (Å²) in [4.78, 5) is 41.4. The Hall–Kier alpha value is -2.90. The van der Waals surface area contributed by atoms with E-state index >= 15 is 0 Å². The van der Waals surface area contributed by atoms with Crippen molar-refractivity contribution in [2.75, 3.05) is 26.2 Å². The van der Waals surface area contributed by atoms with E-state index in [1.165, 1.54) is 5.56 Å². The lowest BCUT2D eigenvalue weighted by atomic mass is 9.89. The van der Waals surface area contributed by atoms with Crippen molar-refractivity contribution < 1.29 is 19.1 Å². The molecule has 0 aliphatic carbocycles. The van der Waals surface area contributed by atoms with Gasteiger partial charge in [0.15, 0.2) is 0 Å². The van der Waals surface area contributed by atoms with Crippen molar-refractivity contribution in [3.63, 3.8) is 0 Å². The van der Waals surface area contributed by atoms with Crippen molar-refractivity contribution in [3.8, 4) is 5.75 Å². The van der Waals surface area contributed by atoms with E-state index in [2.05, 4.69) is 22.3 Å². The molecule has 190 valence electrons. The van der Waals surface area contributed by atoms with Crippen LogP contribution in [0.1, 0.15) is 66.4 Å². The molecule has 0 radical (unpaired) electrons. The van der Waals surface area contributed by atoms with Crippen molar-refractivity contribution in [2.45, 2.75) is 57.0 Å². The number of halogens is 1. The molecule has 2 aromatic rings. The lowest BCUT2D eigenvalue weighted by Crippen LogP contribution is -2.61. The second kappa shape index (κ2) is 10.2. The fourth-order valence-electron chi connectivity index (χ4n) is 5.63. The fraction of sp³-hybridized carbons (Fsp3) is 0.464. The first-order valence-corrected chi connectivity index (χ1v) is 13.1. The van der Waals surface area contributed by atoms with Gasteiger partial charge in [-0.25, -0.2) is 0 Å². The molecule has 0 bridgehead atoms. The van der Waals surface area contributed by atoms with E-state index in [9.17, 15) is 14.4 Å². The van der Waals surface area contributed by atoms with Crippen LogP contribution in [0.4, 0.5) is 0 Å². The van der Waals surface area contributed by atoms with Crippen LogP contribution >= 0.6 is 11.6 Å². The topological polar surface area (TPSA) is 79.0 Å². The van der Waals surface area contributed by atoms with Crippen LogP contribution in [-0.4, -0.2) is 59.3 Å². The highest BCUT2D eigenvalue weighted by molar-refractivity contribution is 6.31. The Morgan fingerprint density at radius 1 is 1.08 bits per heavy atom. The molecule has 3 amide bonds. The number of carbonyl (C=O) groups excluding carboxylic acids is 3. The Bertz CT molecular complexity index is 1180. The van der Waals surface area contributed by atoms with Crippen LogP contribution in [0.5, 0.6) is 5.75 Å². The Morgan fingerprint density at radius 3 is 2.61 bits per heavy atom. The molecule has 0 saturated carbocycles. The van der Waals surface area contributed by atoms with Gasteiger partial charge in [0.1, 0.15) is 11.3 Å². The van der Waals surface area contributed by atoms with Crippen LogP contribution in [0.2, 0.25) is 5.02 Å². The van der Waals surface area contributed by atoms with Crippen molar-refractivity contribution in [1.29, 1.82) is 0 Å². The van der Waals surface area contributed by atoms with E-state index in [4.69, 9.17) is 16.3 Å². The quantitative estimate of drug-likeness (QED) is 0.448. The number of imide groups is 1. The molecular formula is C28H32ClN3O4. The highest BCUT2D eigenvalue weighted by atomic mass is 35.5. The number of carbonyl (C=O) groups is 3. The highest BCUT2D eigenvalue weighted by Gasteiger charge is 2.49. The van der Waals surface area contributed by atoms with E-state index in [0.29, 0.717) is 36.8 Å². The zero-order valence-corrected chi connectivity index (χ0v) is 21.4. The number of ether oxygens (including phenoxy) is 1. The van der Waals surface area contributed by atoms with Gasteiger partial charge in [-0.1, -0.05) is 35.9 Å². The van der Waals surface area contributed by atoms with Gasteiger partial charge in [0.25, 0.3) is 11.8 Å². The third kappa shape index (κ3) is 4.74. The van der Waals surface area contributed by atoms with Gasteiger partial charge in [-0.15, -0.1) is 0 Å². The van der Waals surface area contributed by atoms with Gasteiger partial charge >= 0.3 is 0 Å². The number of nitrogens with zero attached hydrogens (tertiary/aromatic N) is 2. The standard InChI is InChI=1S/C28H32ClN3O4/c1-28(13-10-25(33)30-27(28)35)32-18-22-21(26(32)34)7-4-9-24(22)36-17-5-14-31-15-11-19(12-16-31)20-6-2-3-8-23(20)29/h2-4,6-9,19H,5,10-18H2,1H3,(H,30,33,35)/t28-/m0/s1. The van der Waals surface area contributed by atoms with Crippen LogP contribution in [0.25, 0.3) is 0 Å². The van der Waals surface area contributed by atoms with Crippen LogP contribution < -0.4 is 10.1 Å². The van der Waals surface area contributed by atoms with E-state index in [1.54, 1.807) is 17.9 Å². The van der Waals surface area contributed by atoms with Gasteiger partial charge in [-0.3, -0.25) is 19.7 Å². The zero-order valence-electron chi connectivity index (χ0n) is 20.6. The molecule has 1 N–H and O–H groups in total. The maximum atomic E-state index is 13.2. The molecule has 0 unspecified atom stereocenters. The summed E-state index contributed by atoms with van der Waals surface area (Å²) in [6.45, 7) is 5.64. The van der Waals surface area contributed by atoms with Crippen molar-refractivity contribution in [2.24, 2.45) is 0 Å². The molecule has 7 nitrogen and oxygen atoms in total. The number of amides is 3. The predicted molar refractivity (Wildman–Crippen MR) is 137 cm³/mol. The summed E-state index contributed by atoms with van der Waals surface area (Å²) in [5.74, 6) is 0.310. The van der Waals surface area contributed by atoms with Gasteiger partial charge in [0, 0.05) is 29.1 Å². The largest absolute Gasteiger partial charge is 0.493 e. The second-order valence-electron chi connectivity index (χ2n) is 10.2. The molecule has 5 rings (SSSR count). The normalized spacial score (nSPS) is 23.1. The summed E-state index contributed by atoms with van der Waals surface area (Å²) in [5.41, 5.74) is 1.60. The predicted octanol–water partition coefficient (Wildman–Crippen LogP) is 4.14. The summed E-state index contributed by atoms with van der Waals surface area (Å²) in [6.07, 6.45) is 3.64. The lowest BCUT2D eigenvalue weighted by Gasteiger charge is -2.39. The minimum absolute atomic E-state index is 0.191. The van der Waals surface area contributed by atoms with E-state index in [0.717, 1.165) is 49.5 Å². The zero-order chi connectivity index (χ0) is 25.3. The first-order valence-electron chi connectivity index (χ1n) is 12.7. The van der Waals surface area contributed by atoms with Crippen molar-refractivity contribution in [3.05, 3.63) is 64.2 Å². The summed E-state index contributed by atoms with van der Waals surface area (Å²) in [6, 6.07) is 13.6. The van der Waals surface area contributed by atoms with Gasteiger partial charge in [-0.2, -0.15) is 0 Å². The number of likely N-dealkylation sites (tertiary alicyclic amines) is 1. The van der Waals surface area contributed by atoms with Crippen molar-refractivity contribution in [1.82, 2.24) is 15.1 Å². The molecule has 0 spiro atoms. The lowest BCUT2D eigenvalue weighted by molar-refractivity contribution is -0.142. The molecule has 1 atom stereocenters. The summed E-state index contributed by atoms with van der Waals surface area (Å²) in [7, 11) is 0. The molecule has 2 aromatic carbocycles. The molecule has 2 saturated heterocycles. The highest BCUT2D eigenvalue weighted by Crippen LogP contribution is 2.38. The van der Waals surface area contributed by atoms with Gasteiger partial charge < -0.3 is 14.5 Å². The second-order valence-corrected chi connectivity index (χ2v) is 10.6. The van der Waals surface area contributed by atoms with E-state index in [-0.39, 0.29) is 18.2 Å². The Kier molecular flexibility index (Phi) is 7.04. The third-order valence-electron chi connectivity index (χ3n) is 7.91. The van der Waals surface area contributed by atoms with Gasteiger partial charge in [-0.05, 0) is 75.4 Å². The molecule has 36 heavy (non-hydrogen) atoms. The Balaban J connectivity index is 1.13. The number of rotatable bonds is 7. The number of benzene rings is 2. The maximum Gasteiger partial charge on any atom is 0.255 e. The van der Waals surface area contributed by atoms with E-state index in [1.807, 2.05) is 24.3 Å². The molecule has 3 aliphatic rings. The minimum Gasteiger partial charge on any atom is -0.493 e. The minimum atomic E-state index is -1.04. The number of nitrogens with one attached hydrogen (secondary N) is 1. The number of fused-ring (bicyclic) bond motifs is 1. The Morgan fingerprint density at radius 2 is 1.86 bits per heavy atom. The van der Waals surface area contributed by atoms with Crippen LogP contribution in [0, 0.1) is 0 Å². The van der Waals surface area contributed by atoms with Crippen LogP contribution in [0.15, 0.2) is 42.5 Å². The average Bonchev–Trinajstić information content (AvgIpc) is 3.23. The van der Waals surface area contributed by atoms with E-state index < -0.39 is 11.4 Å². The smallest absolute Gasteiger partial charge is 0.255 e. The average molecular weight is 510 g/mol. The fourth-order valence-corrected chi connectivity index (χ4v) is 5.92. The third-order valence-corrected chi connectivity index (χ3v) is 8.25. The molecule has 3 aliphatic heterocycles. The molecule has 3 heterocycles. The van der Waals surface area contributed by atoms with Crippen LogP contribution in [-0.2, 0) is 16.1 Å². The SMILES string of the molecule is C[C@]1(N2Cc3c(OCCCN4CCC(c5ccccc5Cl)CC4)cccc3C2=O)CCC(=O)NC1=O. The molecule has 0 aromatic heterocycles. The molecular weight excluding hydrogens is 478 g/mol. The summed E-state index contributed by atoms with van der Waals surface area (Å²) in [5, 5.41) is 3.25. The first kappa shape index (κ1) is 24.8. The monoisotopic (exact) mass is 509 g/mol. The number of hydrogen-bond acceptors (Lipinski definition) is 5. The van der Waals surface area contributed by atoms with Crippen LogP contribution in [0.3, 0.4) is 0 Å².